The summed E-state index contributed by atoms with van der Waals surface area (Å²) in [6.45, 7) is -0.368. The van der Waals surface area contributed by atoms with Gasteiger partial charge >= 0.3 is 5.97 Å². The quantitative estimate of drug-likeness (QED) is 0.683. The number of halogens is 1. The number of rotatable bonds is 4. The van der Waals surface area contributed by atoms with Gasteiger partial charge in [-0.3, -0.25) is 19.5 Å². The van der Waals surface area contributed by atoms with Gasteiger partial charge in [0, 0.05) is 5.69 Å². The smallest absolute Gasteiger partial charge is 0.325 e. The zero-order valence-electron chi connectivity index (χ0n) is 13.3. The van der Waals surface area contributed by atoms with E-state index in [1.807, 2.05) is 6.07 Å². The summed E-state index contributed by atoms with van der Waals surface area (Å²) in [5.74, 6) is -1.73. The first kappa shape index (κ1) is 16.5. The standard InChI is InChI=1S/C18H14FN3O3/c1-25-17(23)11-22(13-6-4-5-12(19)9-13)18(24)16-10-20-14-7-2-3-8-15(14)21-16/h2-10H,11H2,1H3. The molecule has 1 heterocycles. The van der Waals surface area contributed by atoms with Gasteiger partial charge in [-0.1, -0.05) is 18.2 Å². The number of esters is 1. The van der Waals surface area contributed by atoms with Crippen LogP contribution in [0.15, 0.2) is 54.7 Å². The molecule has 1 amide bonds. The lowest BCUT2D eigenvalue weighted by molar-refractivity contribution is -0.138. The lowest BCUT2D eigenvalue weighted by Gasteiger charge is -2.21. The number of carbonyl (C=O) groups is 2. The molecule has 0 aliphatic rings. The van der Waals surface area contributed by atoms with Crippen molar-refractivity contribution in [3.8, 4) is 0 Å². The molecule has 0 saturated carbocycles. The van der Waals surface area contributed by atoms with Crippen molar-refractivity contribution in [1.82, 2.24) is 9.97 Å². The van der Waals surface area contributed by atoms with E-state index >= 15 is 0 Å². The van der Waals surface area contributed by atoms with Gasteiger partial charge in [0.05, 0.1) is 24.3 Å². The molecule has 0 bridgehead atoms. The highest BCUT2D eigenvalue weighted by Gasteiger charge is 2.23. The lowest BCUT2D eigenvalue weighted by Crippen LogP contribution is -2.37. The molecule has 0 aliphatic carbocycles. The maximum Gasteiger partial charge on any atom is 0.325 e. The first-order valence-electron chi connectivity index (χ1n) is 7.44. The van der Waals surface area contributed by atoms with Crippen LogP contribution in [0.2, 0.25) is 0 Å². The number of carbonyl (C=O) groups excluding carboxylic acids is 2. The SMILES string of the molecule is COC(=O)CN(C(=O)c1cnc2ccccc2n1)c1cccc(F)c1. The number of hydrogen-bond donors (Lipinski definition) is 0. The van der Waals surface area contributed by atoms with Gasteiger partial charge in [-0.2, -0.15) is 0 Å². The summed E-state index contributed by atoms with van der Waals surface area (Å²) < 4.78 is 18.2. The van der Waals surface area contributed by atoms with Crippen molar-refractivity contribution in [3.05, 3.63) is 66.2 Å². The maximum absolute atomic E-state index is 13.5. The molecule has 3 aromatic rings. The van der Waals surface area contributed by atoms with Gasteiger partial charge in [0.25, 0.3) is 5.91 Å². The van der Waals surface area contributed by atoms with Gasteiger partial charge in [0.2, 0.25) is 0 Å². The van der Waals surface area contributed by atoms with E-state index in [-0.39, 0.29) is 17.9 Å². The minimum absolute atomic E-state index is 0.0480. The Bertz CT molecular complexity index is 946. The van der Waals surface area contributed by atoms with E-state index < -0.39 is 17.7 Å². The highest BCUT2D eigenvalue weighted by Crippen LogP contribution is 2.19. The van der Waals surface area contributed by atoms with E-state index in [1.54, 1.807) is 18.2 Å². The molecule has 0 atom stereocenters. The molecule has 0 aliphatic heterocycles. The molecule has 25 heavy (non-hydrogen) atoms. The zero-order chi connectivity index (χ0) is 17.8. The Hall–Kier alpha value is -3.35. The van der Waals surface area contributed by atoms with Crippen LogP contribution >= 0.6 is 0 Å². The molecule has 0 saturated heterocycles. The maximum atomic E-state index is 13.5. The highest BCUT2D eigenvalue weighted by atomic mass is 19.1. The average Bonchev–Trinajstić information content (AvgIpc) is 2.65. The Labute approximate surface area is 142 Å². The summed E-state index contributed by atoms with van der Waals surface area (Å²) in [5, 5.41) is 0. The number of anilines is 1. The van der Waals surface area contributed by atoms with Gasteiger partial charge in [0.1, 0.15) is 18.1 Å². The van der Waals surface area contributed by atoms with Crippen molar-refractivity contribution in [2.45, 2.75) is 0 Å². The average molecular weight is 339 g/mol. The summed E-state index contributed by atoms with van der Waals surface area (Å²) in [6, 6.07) is 12.5. The molecule has 126 valence electrons. The van der Waals surface area contributed by atoms with Crippen molar-refractivity contribution in [1.29, 1.82) is 0 Å². The van der Waals surface area contributed by atoms with E-state index in [0.29, 0.717) is 11.0 Å². The van der Waals surface area contributed by atoms with Gasteiger partial charge in [0.15, 0.2) is 0 Å². The van der Waals surface area contributed by atoms with Gasteiger partial charge < -0.3 is 4.74 Å². The third-order valence-electron chi connectivity index (χ3n) is 3.55. The molecule has 3 rings (SSSR count). The Morgan fingerprint density at radius 3 is 2.60 bits per heavy atom. The zero-order valence-corrected chi connectivity index (χ0v) is 13.3. The van der Waals surface area contributed by atoms with E-state index in [2.05, 4.69) is 14.7 Å². The lowest BCUT2D eigenvalue weighted by atomic mass is 10.2. The second kappa shape index (κ2) is 7.04. The predicted octanol–water partition coefficient (Wildman–Crippen LogP) is 2.59. The highest BCUT2D eigenvalue weighted by molar-refractivity contribution is 6.07. The molecule has 1 aromatic heterocycles. The van der Waals surface area contributed by atoms with Crippen molar-refractivity contribution in [2.24, 2.45) is 0 Å². The molecular weight excluding hydrogens is 325 g/mol. The fraction of sp³-hybridized carbons (Fsp3) is 0.111. The number of hydrogen-bond acceptors (Lipinski definition) is 5. The monoisotopic (exact) mass is 339 g/mol. The molecule has 6 nitrogen and oxygen atoms in total. The molecule has 0 N–H and O–H groups in total. The molecular formula is C18H14FN3O3. The Balaban J connectivity index is 2.01. The van der Waals surface area contributed by atoms with E-state index in [0.717, 1.165) is 11.0 Å². The van der Waals surface area contributed by atoms with Crippen LogP contribution in [-0.4, -0.2) is 35.5 Å². The van der Waals surface area contributed by atoms with Crippen LogP contribution in [0.1, 0.15) is 10.5 Å². The molecule has 2 aromatic carbocycles. The van der Waals surface area contributed by atoms with E-state index in [4.69, 9.17) is 0 Å². The summed E-state index contributed by atoms with van der Waals surface area (Å²) >= 11 is 0. The number of amides is 1. The minimum Gasteiger partial charge on any atom is -0.468 e. The Kier molecular flexibility index (Phi) is 4.65. The number of ether oxygens (including phenoxy) is 1. The van der Waals surface area contributed by atoms with Crippen LogP contribution in [0.3, 0.4) is 0 Å². The normalized spacial score (nSPS) is 10.5. The first-order valence-corrected chi connectivity index (χ1v) is 7.44. The van der Waals surface area contributed by atoms with Crippen molar-refractivity contribution in [3.63, 3.8) is 0 Å². The number of para-hydroxylation sites is 2. The van der Waals surface area contributed by atoms with Crippen LogP contribution in [-0.2, 0) is 9.53 Å². The number of benzene rings is 2. The number of nitrogens with zero attached hydrogens (tertiary/aromatic N) is 3. The van der Waals surface area contributed by atoms with Crippen LogP contribution in [0.4, 0.5) is 10.1 Å². The van der Waals surface area contributed by atoms with Crippen molar-refractivity contribution in [2.75, 3.05) is 18.6 Å². The Morgan fingerprint density at radius 2 is 1.88 bits per heavy atom. The third-order valence-corrected chi connectivity index (χ3v) is 3.55. The van der Waals surface area contributed by atoms with Crippen LogP contribution in [0, 0.1) is 5.82 Å². The largest absolute Gasteiger partial charge is 0.468 e. The van der Waals surface area contributed by atoms with E-state index in [9.17, 15) is 14.0 Å². The molecule has 7 heteroatoms. The molecule has 0 spiro atoms. The van der Waals surface area contributed by atoms with E-state index in [1.165, 1.54) is 31.5 Å². The second-order valence-electron chi connectivity index (χ2n) is 5.19. The van der Waals surface area contributed by atoms with Crippen LogP contribution < -0.4 is 4.90 Å². The fourth-order valence-corrected chi connectivity index (χ4v) is 2.32. The summed E-state index contributed by atoms with van der Waals surface area (Å²) in [5.41, 5.74) is 1.46. The Morgan fingerprint density at radius 1 is 1.12 bits per heavy atom. The second-order valence-corrected chi connectivity index (χ2v) is 5.19. The summed E-state index contributed by atoms with van der Waals surface area (Å²) in [6.07, 6.45) is 1.33. The first-order chi connectivity index (χ1) is 12.1. The number of fused-ring (bicyclic) bond motifs is 1. The number of methoxy groups -OCH3 is 1. The fourth-order valence-electron chi connectivity index (χ4n) is 2.32. The minimum atomic E-state index is -0.633. The van der Waals surface area contributed by atoms with Gasteiger partial charge in [-0.25, -0.2) is 9.37 Å². The van der Waals surface area contributed by atoms with Gasteiger partial charge in [-0.15, -0.1) is 0 Å². The van der Waals surface area contributed by atoms with Crippen molar-refractivity contribution >= 4 is 28.6 Å². The van der Waals surface area contributed by atoms with Crippen LogP contribution in [0.5, 0.6) is 0 Å². The molecule has 0 unspecified atom stereocenters. The molecule has 0 radical (unpaired) electrons. The topological polar surface area (TPSA) is 72.4 Å². The summed E-state index contributed by atoms with van der Waals surface area (Å²) in [7, 11) is 1.21. The number of aromatic nitrogens is 2. The van der Waals surface area contributed by atoms with Crippen LogP contribution in [0.25, 0.3) is 11.0 Å². The third kappa shape index (κ3) is 3.60. The molecule has 0 fully saturated rings. The summed E-state index contributed by atoms with van der Waals surface area (Å²) in [4.78, 5) is 34.1. The van der Waals surface area contributed by atoms with Gasteiger partial charge in [-0.05, 0) is 30.3 Å². The van der Waals surface area contributed by atoms with Crippen molar-refractivity contribution < 1.29 is 18.7 Å². The predicted molar refractivity (Wildman–Crippen MR) is 89.6 cm³/mol.